The average molecular weight is 968 g/mol. The maximum atomic E-state index is 13.3. The van der Waals surface area contributed by atoms with Gasteiger partial charge in [0.2, 0.25) is 5.78 Å². The van der Waals surface area contributed by atoms with E-state index < -0.39 is 5.92 Å². The molecule has 3 fully saturated rings. The van der Waals surface area contributed by atoms with E-state index in [0.717, 1.165) is 110 Å². The molecule has 3 atom stereocenters. The lowest BCUT2D eigenvalue weighted by molar-refractivity contribution is -0.941. The van der Waals surface area contributed by atoms with Crippen LogP contribution in [0, 0.1) is 0 Å². The number of hydrogen-bond acceptors (Lipinski definition) is 9. The average Bonchev–Trinajstić information content (AvgIpc) is 3.44. The third kappa shape index (κ3) is 11.3. The highest BCUT2D eigenvalue weighted by Gasteiger charge is 2.53. The maximum Gasteiger partial charge on any atom is 0.316 e. The Labute approximate surface area is 398 Å². The Kier molecular flexibility index (Phi) is 16.8. The number of Topliss-reactive ketones (excluding diaryl/α,β-unsaturated/α-hetero) is 1. The second-order valence-electron chi connectivity index (χ2n) is 17.5. The van der Waals surface area contributed by atoms with Gasteiger partial charge in [-0.2, -0.15) is 0 Å². The van der Waals surface area contributed by atoms with E-state index in [4.69, 9.17) is 21.4 Å². The van der Waals surface area contributed by atoms with E-state index in [1.165, 1.54) is 21.2 Å². The summed E-state index contributed by atoms with van der Waals surface area (Å²) >= 11 is 8.12. The summed E-state index contributed by atoms with van der Waals surface area (Å²) in [6.45, 7) is 7.64. The Bertz CT molecular complexity index is 2290. The molecule has 5 aromatic rings. The number of piperidine rings is 1. The molecule has 2 bridgehead atoms. The van der Waals surface area contributed by atoms with Crippen LogP contribution >= 0.6 is 23.4 Å². The van der Waals surface area contributed by atoms with Crippen LogP contribution in [0.25, 0.3) is 11.1 Å². The van der Waals surface area contributed by atoms with E-state index in [1.54, 1.807) is 0 Å². The molecule has 2 N–H and O–H groups in total. The van der Waals surface area contributed by atoms with Crippen molar-refractivity contribution < 1.29 is 46.0 Å². The minimum atomic E-state index is -0.660. The number of rotatable bonds is 14. The largest absolute Gasteiger partial charge is 1.00 e. The third-order valence-corrected chi connectivity index (χ3v) is 15.0. The number of anilines is 2. The van der Waals surface area contributed by atoms with Crippen molar-refractivity contribution in [1.82, 2.24) is 9.80 Å². The number of carbonyl (C=O) groups excluding carboxylic acids is 2. The van der Waals surface area contributed by atoms with E-state index in [1.807, 2.05) is 90.6 Å². The van der Waals surface area contributed by atoms with Crippen molar-refractivity contribution in [2.75, 3.05) is 77.5 Å². The first-order valence-corrected chi connectivity index (χ1v) is 23.7. The van der Waals surface area contributed by atoms with Crippen molar-refractivity contribution in [3.8, 4) is 11.1 Å². The lowest BCUT2D eigenvalue weighted by Gasteiger charge is -2.46. The first-order valence-electron chi connectivity index (χ1n) is 22.5. The Morgan fingerprint density at radius 2 is 1.33 bits per heavy atom. The van der Waals surface area contributed by atoms with Gasteiger partial charge in [-0.15, -0.1) is 0 Å². The Balaban J connectivity index is 0.000000196. The number of quaternary nitrogens is 1. The number of fused-ring (bicyclic) bond motifs is 4. The minimum absolute atomic E-state index is 0. The van der Waals surface area contributed by atoms with Gasteiger partial charge < -0.3 is 46.2 Å². The summed E-state index contributed by atoms with van der Waals surface area (Å²) in [5.41, 5.74) is 6.26. The van der Waals surface area contributed by atoms with Crippen LogP contribution in [0.15, 0.2) is 137 Å². The molecular formula is C52H60BrClN4O5S. The molecule has 0 aliphatic carbocycles. The summed E-state index contributed by atoms with van der Waals surface area (Å²) in [6.07, 6.45) is 4.54. The van der Waals surface area contributed by atoms with E-state index in [9.17, 15) is 14.7 Å². The smallest absolute Gasteiger partial charge is 0.316 e. The standard InChI is InChI=1S/C31H34NO4.C21H26ClN3OS.BrH/c1-32(20-30(34)25-14-12-23(13-15-25)22-8-4-2-5-9-22)26-16-17-27(32)19-28(18-26)36-31(35)29(21-33)24-10-6-3-7-11-24;22-17-6-7-21-19(16-17)25(18-4-1-2-5-20(18)27-21)9-3-8-23-10-12-24(13-11-23)14-15-26;/h2-15,26-29,33H,16-21H2,1H3;1-2,4-7,16,26H,3,8-15H2;1H/q+1;;/p-1. The molecule has 338 valence electrons. The van der Waals surface area contributed by atoms with Crippen LogP contribution in [0.4, 0.5) is 11.4 Å². The molecular weight excluding hydrogens is 908 g/mol. The van der Waals surface area contributed by atoms with Crippen molar-refractivity contribution in [3.05, 3.63) is 144 Å². The van der Waals surface area contributed by atoms with Crippen LogP contribution in [0.3, 0.4) is 0 Å². The minimum Gasteiger partial charge on any atom is -1.00 e. The second-order valence-corrected chi connectivity index (χ2v) is 19.0. The second kappa shape index (κ2) is 22.4. The lowest BCUT2D eigenvalue weighted by Crippen LogP contribution is -3.00. The Morgan fingerprint density at radius 1 is 0.734 bits per heavy atom. The van der Waals surface area contributed by atoms with Crippen LogP contribution < -0.4 is 21.9 Å². The van der Waals surface area contributed by atoms with Gasteiger partial charge in [-0.3, -0.25) is 14.5 Å². The normalized spacial score (nSPS) is 21.9. The van der Waals surface area contributed by atoms with Gasteiger partial charge >= 0.3 is 5.97 Å². The van der Waals surface area contributed by atoms with Crippen LogP contribution in [0.1, 0.15) is 53.9 Å². The van der Waals surface area contributed by atoms with Crippen LogP contribution in [-0.4, -0.2) is 127 Å². The quantitative estimate of drug-likeness (QED) is 0.0798. The molecule has 0 spiro atoms. The van der Waals surface area contributed by atoms with Crippen molar-refractivity contribution in [2.24, 2.45) is 0 Å². The van der Waals surface area contributed by atoms with Gasteiger partial charge in [-0.05, 0) is 60.0 Å². The SMILES string of the molecule is C[N+]1(CC(=O)c2ccc(-c3ccccc3)cc2)C2CCC1CC(OC(=O)C(CO)c1ccccc1)C2.OCCN1CCN(CCCN2c3ccccc3Sc3ccc(Cl)cc32)CC1.[Br-]. The Morgan fingerprint density at radius 3 is 1.98 bits per heavy atom. The predicted octanol–water partition coefficient (Wildman–Crippen LogP) is 5.94. The van der Waals surface area contributed by atoms with Crippen LogP contribution in [0.5, 0.6) is 0 Å². The molecule has 0 amide bonds. The molecule has 0 aromatic heterocycles. The first kappa shape index (κ1) is 47.9. The molecule has 3 saturated heterocycles. The monoisotopic (exact) mass is 966 g/mol. The number of likely N-dealkylation sites (N-methyl/N-ethyl adjacent to an activating group) is 1. The maximum absolute atomic E-state index is 13.3. The zero-order chi connectivity index (χ0) is 43.8. The van der Waals surface area contributed by atoms with Gasteiger partial charge in [0.1, 0.15) is 18.6 Å². The van der Waals surface area contributed by atoms with Crippen molar-refractivity contribution in [3.63, 3.8) is 0 Å². The highest BCUT2D eigenvalue weighted by molar-refractivity contribution is 7.99. The Hall–Kier alpha value is -4.04. The number of ketones is 1. The summed E-state index contributed by atoms with van der Waals surface area (Å²) in [5, 5.41) is 19.7. The first-order chi connectivity index (χ1) is 30.7. The van der Waals surface area contributed by atoms with Gasteiger partial charge in [0.15, 0.2) is 0 Å². The number of hydrogen-bond donors (Lipinski definition) is 2. The number of benzene rings is 5. The van der Waals surface area contributed by atoms with Gasteiger partial charge in [0.25, 0.3) is 0 Å². The van der Waals surface area contributed by atoms with Crippen LogP contribution in [-0.2, 0) is 9.53 Å². The zero-order valence-corrected chi connectivity index (χ0v) is 39.8. The molecule has 9 nitrogen and oxygen atoms in total. The van der Waals surface area contributed by atoms with Gasteiger partial charge in [0.05, 0.1) is 43.7 Å². The highest BCUT2D eigenvalue weighted by atomic mass is 79.9. The number of ether oxygens (including phenoxy) is 1. The van der Waals surface area contributed by atoms with E-state index in [2.05, 4.69) is 70.3 Å². The van der Waals surface area contributed by atoms with Gasteiger partial charge in [-0.25, -0.2) is 0 Å². The number of β-amino-alcohol motifs (C(OH)–C–C–N with tert-alkyl or cyclic N) is 1. The molecule has 4 aliphatic rings. The van der Waals surface area contributed by atoms with Crippen molar-refractivity contribution >= 4 is 46.5 Å². The number of carbonyl (C=O) groups is 2. The third-order valence-electron chi connectivity index (χ3n) is 13.6. The number of esters is 1. The summed E-state index contributed by atoms with van der Waals surface area (Å²) in [4.78, 5) is 36.1. The zero-order valence-electron chi connectivity index (χ0n) is 36.6. The highest BCUT2D eigenvalue weighted by Crippen LogP contribution is 2.49. The van der Waals surface area contributed by atoms with E-state index in [-0.39, 0.29) is 48.1 Å². The molecule has 0 saturated carbocycles. The number of aliphatic hydroxyl groups excluding tert-OH is 2. The molecule has 9 rings (SSSR count). The molecule has 64 heavy (non-hydrogen) atoms. The van der Waals surface area contributed by atoms with Crippen LogP contribution in [0.2, 0.25) is 5.02 Å². The number of halogens is 2. The van der Waals surface area contributed by atoms with Gasteiger partial charge in [-0.1, -0.05) is 120 Å². The fourth-order valence-corrected chi connectivity index (χ4v) is 11.3. The predicted molar refractivity (Wildman–Crippen MR) is 253 cm³/mol. The van der Waals surface area contributed by atoms with Crippen molar-refractivity contribution in [2.45, 2.75) is 66.0 Å². The fourth-order valence-electron chi connectivity index (χ4n) is 10.0. The molecule has 12 heteroatoms. The summed E-state index contributed by atoms with van der Waals surface area (Å²) in [6, 6.07) is 42.8. The number of piperazine rings is 1. The molecule has 3 unspecified atom stereocenters. The number of para-hydroxylation sites is 1. The molecule has 0 radical (unpaired) electrons. The number of aliphatic hydroxyl groups is 2. The summed E-state index contributed by atoms with van der Waals surface area (Å²) < 4.78 is 6.64. The molecule has 5 aromatic carbocycles. The van der Waals surface area contributed by atoms with Gasteiger partial charge in [0, 0.05) is 85.3 Å². The lowest BCUT2D eigenvalue weighted by atomic mass is 9.94. The summed E-state index contributed by atoms with van der Waals surface area (Å²) in [5.74, 6) is -0.861. The molecule has 4 aliphatic heterocycles. The van der Waals surface area contributed by atoms with E-state index in [0.29, 0.717) is 18.6 Å². The topological polar surface area (TPSA) is 93.5 Å². The summed E-state index contributed by atoms with van der Waals surface area (Å²) in [7, 11) is 2.19. The molecule has 4 heterocycles. The number of nitrogens with zero attached hydrogens (tertiary/aromatic N) is 4. The van der Waals surface area contributed by atoms with E-state index >= 15 is 0 Å². The fraction of sp³-hybridized carbons (Fsp3) is 0.385. The van der Waals surface area contributed by atoms with Crippen molar-refractivity contribution in [1.29, 1.82) is 0 Å².